The van der Waals surface area contributed by atoms with Crippen molar-refractivity contribution in [3.63, 3.8) is 0 Å². The van der Waals surface area contributed by atoms with E-state index in [4.69, 9.17) is 0 Å². The Morgan fingerprint density at radius 3 is 2.43 bits per heavy atom. The fraction of sp³-hybridized carbons (Fsp3) is 0.562. The van der Waals surface area contributed by atoms with Crippen molar-refractivity contribution in [2.45, 2.75) is 45.1 Å². The lowest BCUT2D eigenvalue weighted by Gasteiger charge is -2.10. The first kappa shape index (κ1) is 17.6. The molecule has 0 amide bonds. The van der Waals surface area contributed by atoms with Crippen LogP contribution in [0.5, 0.6) is 0 Å². The lowest BCUT2D eigenvalue weighted by atomic mass is 10.1. The lowest BCUT2D eigenvalue weighted by molar-refractivity contribution is -0.176. The number of alkyl halides is 3. The largest absolute Gasteiger partial charge is 0.411 e. The molecule has 2 N–H and O–H groups in total. The van der Waals surface area contributed by atoms with Crippen molar-refractivity contribution in [3.8, 4) is 0 Å². The van der Waals surface area contributed by atoms with Gasteiger partial charge in [0.25, 0.3) is 0 Å². The van der Waals surface area contributed by atoms with Crippen LogP contribution < -0.4 is 10.6 Å². The Morgan fingerprint density at radius 2 is 1.87 bits per heavy atom. The standard InChI is InChI=1S/C16H22F3N3O/c1-2-20-15(22-14-7-8-14)21-9-12-3-5-13(6-4-12)10-23-11-16(17,18)19/h3-6,14H,2,7-11H2,1H3,(H2,20,21,22). The summed E-state index contributed by atoms with van der Waals surface area (Å²) in [6.45, 7) is 2.06. The summed E-state index contributed by atoms with van der Waals surface area (Å²) in [7, 11) is 0. The van der Waals surface area contributed by atoms with Gasteiger partial charge in [0.2, 0.25) is 0 Å². The van der Waals surface area contributed by atoms with E-state index in [-0.39, 0.29) is 6.61 Å². The number of aliphatic imine (C=N–C) groups is 1. The highest BCUT2D eigenvalue weighted by atomic mass is 19.4. The molecule has 1 fully saturated rings. The highest BCUT2D eigenvalue weighted by molar-refractivity contribution is 5.80. The number of nitrogens with one attached hydrogen (secondary N) is 2. The van der Waals surface area contributed by atoms with Gasteiger partial charge in [-0.1, -0.05) is 24.3 Å². The summed E-state index contributed by atoms with van der Waals surface area (Å²) in [5.74, 6) is 0.799. The Balaban J connectivity index is 1.81. The van der Waals surface area contributed by atoms with Gasteiger partial charge in [0.05, 0.1) is 13.2 Å². The number of rotatable bonds is 7. The third-order valence-electron chi connectivity index (χ3n) is 3.24. The van der Waals surface area contributed by atoms with E-state index in [0.717, 1.165) is 18.1 Å². The highest BCUT2D eigenvalue weighted by Gasteiger charge is 2.27. The molecule has 128 valence electrons. The predicted octanol–water partition coefficient (Wildman–Crippen LogP) is 2.98. The number of hydrogen-bond donors (Lipinski definition) is 2. The lowest BCUT2D eigenvalue weighted by Crippen LogP contribution is -2.38. The quantitative estimate of drug-likeness (QED) is 0.597. The monoisotopic (exact) mass is 329 g/mol. The van der Waals surface area contributed by atoms with Crippen molar-refractivity contribution in [1.29, 1.82) is 0 Å². The van der Waals surface area contributed by atoms with Crippen LogP contribution in [0.25, 0.3) is 0 Å². The van der Waals surface area contributed by atoms with Crippen LogP contribution in [0.4, 0.5) is 13.2 Å². The Hall–Kier alpha value is -1.76. The summed E-state index contributed by atoms with van der Waals surface area (Å²) >= 11 is 0. The number of hydrogen-bond acceptors (Lipinski definition) is 2. The first-order chi connectivity index (χ1) is 11.0. The molecule has 0 aliphatic heterocycles. The smallest absolute Gasteiger partial charge is 0.367 e. The molecule has 0 radical (unpaired) electrons. The molecule has 0 unspecified atom stereocenters. The van der Waals surface area contributed by atoms with E-state index in [9.17, 15) is 13.2 Å². The molecule has 7 heteroatoms. The minimum Gasteiger partial charge on any atom is -0.367 e. The maximum atomic E-state index is 12.0. The van der Waals surface area contributed by atoms with Crippen LogP contribution >= 0.6 is 0 Å². The van der Waals surface area contributed by atoms with Gasteiger partial charge in [-0.25, -0.2) is 4.99 Å². The van der Waals surface area contributed by atoms with Crippen molar-refractivity contribution >= 4 is 5.96 Å². The Kier molecular flexibility index (Phi) is 6.27. The summed E-state index contributed by atoms with van der Waals surface area (Å²) < 4.78 is 40.6. The van der Waals surface area contributed by atoms with E-state index in [0.29, 0.717) is 18.2 Å². The van der Waals surface area contributed by atoms with Crippen molar-refractivity contribution < 1.29 is 17.9 Å². The van der Waals surface area contributed by atoms with Gasteiger partial charge >= 0.3 is 6.18 Å². The van der Waals surface area contributed by atoms with Gasteiger partial charge in [-0.2, -0.15) is 13.2 Å². The molecule has 0 bridgehead atoms. The van der Waals surface area contributed by atoms with Crippen LogP contribution in [-0.2, 0) is 17.9 Å². The molecule has 0 aromatic heterocycles. The summed E-state index contributed by atoms with van der Waals surface area (Å²) in [5, 5.41) is 6.52. The third-order valence-corrected chi connectivity index (χ3v) is 3.24. The van der Waals surface area contributed by atoms with E-state index < -0.39 is 12.8 Å². The highest BCUT2D eigenvalue weighted by Crippen LogP contribution is 2.18. The van der Waals surface area contributed by atoms with E-state index >= 15 is 0 Å². The minimum absolute atomic E-state index is 0.0467. The number of halogens is 3. The van der Waals surface area contributed by atoms with Gasteiger partial charge in [-0.15, -0.1) is 0 Å². The number of benzene rings is 1. The topological polar surface area (TPSA) is 45.7 Å². The van der Waals surface area contributed by atoms with E-state index in [2.05, 4.69) is 20.4 Å². The second-order valence-electron chi connectivity index (χ2n) is 5.54. The maximum absolute atomic E-state index is 12.0. The van der Waals surface area contributed by atoms with Gasteiger partial charge in [-0.3, -0.25) is 0 Å². The molecular formula is C16H22F3N3O. The van der Waals surface area contributed by atoms with Crippen LogP contribution in [-0.4, -0.2) is 31.3 Å². The first-order valence-electron chi connectivity index (χ1n) is 7.73. The van der Waals surface area contributed by atoms with Crippen LogP contribution in [0.3, 0.4) is 0 Å². The number of guanidine groups is 1. The molecule has 1 saturated carbocycles. The molecule has 4 nitrogen and oxygen atoms in total. The fourth-order valence-electron chi connectivity index (χ4n) is 1.94. The Bertz CT molecular complexity index is 510. The zero-order valence-corrected chi connectivity index (χ0v) is 13.1. The average Bonchev–Trinajstić information content (AvgIpc) is 3.29. The average molecular weight is 329 g/mol. The summed E-state index contributed by atoms with van der Waals surface area (Å²) in [4.78, 5) is 4.50. The van der Waals surface area contributed by atoms with Crippen LogP contribution in [0.1, 0.15) is 30.9 Å². The molecule has 0 saturated heterocycles. The summed E-state index contributed by atoms with van der Waals surface area (Å²) in [5.41, 5.74) is 1.71. The molecule has 0 heterocycles. The van der Waals surface area contributed by atoms with Gasteiger partial charge in [-0.05, 0) is 30.9 Å². The molecule has 0 atom stereocenters. The number of ether oxygens (including phenoxy) is 1. The van der Waals surface area contributed by atoms with Crippen molar-refractivity contribution in [2.75, 3.05) is 13.2 Å². The van der Waals surface area contributed by atoms with Gasteiger partial charge in [0.15, 0.2) is 5.96 Å². The molecule has 1 aromatic rings. The molecule has 1 aliphatic carbocycles. The van der Waals surface area contributed by atoms with E-state index in [1.54, 1.807) is 12.1 Å². The number of nitrogens with zero attached hydrogens (tertiary/aromatic N) is 1. The molecule has 2 rings (SSSR count). The van der Waals surface area contributed by atoms with E-state index in [1.165, 1.54) is 12.8 Å². The summed E-state index contributed by atoms with van der Waals surface area (Å²) in [6.07, 6.45) is -1.93. The van der Waals surface area contributed by atoms with Crippen LogP contribution in [0.15, 0.2) is 29.3 Å². The summed E-state index contributed by atoms with van der Waals surface area (Å²) in [6, 6.07) is 7.78. The first-order valence-corrected chi connectivity index (χ1v) is 7.73. The van der Waals surface area contributed by atoms with Crippen molar-refractivity contribution in [1.82, 2.24) is 10.6 Å². The third kappa shape index (κ3) is 7.36. The van der Waals surface area contributed by atoms with Crippen LogP contribution in [0.2, 0.25) is 0 Å². The van der Waals surface area contributed by atoms with Crippen molar-refractivity contribution in [3.05, 3.63) is 35.4 Å². The van der Waals surface area contributed by atoms with Crippen LogP contribution in [0, 0.1) is 0 Å². The predicted molar refractivity (Wildman–Crippen MR) is 83.1 cm³/mol. The second kappa shape index (κ2) is 8.19. The normalized spacial score (nSPS) is 15.6. The van der Waals surface area contributed by atoms with Gasteiger partial charge in [0.1, 0.15) is 6.61 Å². The zero-order chi connectivity index (χ0) is 16.7. The minimum atomic E-state index is -4.29. The van der Waals surface area contributed by atoms with Crippen molar-refractivity contribution in [2.24, 2.45) is 4.99 Å². The van der Waals surface area contributed by atoms with Gasteiger partial charge in [0, 0.05) is 12.6 Å². The maximum Gasteiger partial charge on any atom is 0.411 e. The molecule has 0 spiro atoms. The van der Waals surface area contributed by atoms with Gasteiger partial charge < -0.3 is 15.4 Å². The zero-order valence-electron chi connectivity index (χ0n) is 13.1. The molecular weight excluding hydrogens is 307 g/mol. The fourth-order valence-corrected chi connectivity index (χ4v) is 1.94. The SMILES string of the molecule is CCNC(=NCc1ccc(COCC(F)(F)F)cc1)NC1CC1. The molecule has 1 aliphatic rings. The second-order valence-corrected chi connectivity index (χ2v) is 5.54. The molecule has 1 aromatic carbocycles. The van der Waals surface area contributed by atoms with E-state index in [1.807, 2.05) is 19.1 Å². The Labute approximate surface area is 134 Å². The Morgan fingerprint density at radius 1 is 1.22 bits per heavy atom. The molecule has 23 heavy (non-hydrogen) atoms.